The van der Waals surface area contributed by atoms with Crippen LogP contribution in [0.5, 0.6) is 0 Å². The number of carbonyl (C=O) groups excluding carboxylic acids is 1. The Balaban J connectivity index is 1.86. The van der Waals surface area contributed by atoms with Gasteiger partial charge in [0, 0.05) is 37.3 Å². The number of benzene rings is 1. The molecule has 1 aliphatic rings. The Labute approximate surface area is 120 Å². The number of hydrogen-bond donors (Lipinski definition) is 1. The largest absolute Gasteiger partial charge is 0.311 e. The van der Waals surface area contributed by atoms with Crippen molar-refractivity contribution in [2.45, 2.75) is 12.3 Å². The van der Waals surface area contributed by atoms with Crippen LogP contribution in [0.25, 0.3) is 11.0 Å². The normalized spacial score (nSPS) is 17.6. The van der Waals surface area contributed by atoms with E-state index in [2.05, 4.69) is 20.4 Å². The molecule has 1 amide bonds. The van der Waals surface area contributed by atoms with Crippen molar-refractivity contribution in [3.63, 3.8) is 0 Å². The number of carbonyl (C=O) groups is 1. The van der Waals surface area contributed by atoms with Gasteiger partial charge in [0.05, 0.1) is 17.2 Å². The zero-order chi connectivity index (χ0) is 14.4. The SMILES string of the molecule is Cn1ncc2c1NC(=O)C[C@H]2c1ccc2nccnc2c1. The summed E-state index contributed by atoms with van der Waals surface area (Å²) >= 11 is 0. The van der Waals surface area contributed by atoms with Gasteiger partial charge >= 0.3 is 0 Å². The first-order valence-corrected chi connectivity index (χ1v) is 6.75. The van der Waals surface area contributed by atoms with Gasteiger partial charge in [-0.1, -0.05) is 6.07 Å². The van der Waals surface area contributed by atoms with Crippen LogP contribution >= 0.6 is 0 Å². The zero-order valence-electron chi connectivity index (χ0n) is 11.4. The first kappa shape index (κ1) is 12.0. The van der Waals surface area contributed by atoms with Gasteiger partial charge in [-0.25, -0.2) is 0 Å². The van der Waals surface area contributed by atoms with Crippen LogP contribution in [0.3, 0.4) is 0 Å². The van der Waals surface area contributed by atoms with Crippen LogP contribution in [0.15, 0.2) is 36.8 Å². The number of rotatable bonds is 1. The van der Waals surface area contributed by atoms with Crippen molar-refractivity contribution >= 4 is 22.8 Å². The quantitative estimate of drug-likeness (QED) is 0.737. The lowest BCUT2D eigenvalue weighted by Crippen LogP contribution is -2.24. The Hall–Kier alpha value is -2.76. The molecule has 1 aliphatic heterocycles. The fourth-order valence-electron chi connectivity index (χ4n) is 2.84. The predicted octanol–water partition coefficient (Wildman–Crippen LogP) is 1.84. The van der Waals surface area contributed by atoms with E-state index < -0.39 is 0 Å². The van der Waals surface area contributed by atoms with Gasteiger partial charge in [0.25, 0.3) is 0 Å². The highest BCUT2D eigenvalue weighted by Crippen LogP contribution is 2.37. The minimum absolute atomic E-state index is 0.00820. The molecule has 0 unspecified atom stereocenters. The van der Waals surface area contributed by atoms with Gasteiger partial charge in [0.1, 0.15) is 5.82 Å². The van der Waals surface area contributed by atoms with E-state index in [0.29, 0.717) is 6.42 Å². The van der Waals surface area contributed by atoms with Gasteiger partial charge in [-0.05, 0) is 17.7 Å². The summed E-state index contributed by atoms with van der Waals surface area (Å²) in [6.07, 6.45) is 5.59. The van der Waals surface area contributed by atoms with Crippen molar-refractivity contribution < 1.29 is 4.79 Å². The molecule has 21 heavy (non-hydrogen) atoms. The third-order valence-corrected chi connectivity index (χ3v) is 3.89. The molecule has 3 heterocycles. The van der Waals surface area contributed by atoms with E-state index in [1.807, 2.05) is 31.4 Å². The topological polar surface area (TPSA) is 72.7 Å². The Morgan fingerprint density at radius 1 is 1.24 bits per heavy atom. The van der Waals surface area contributed by atoms with Crippen LogP contribution in [0, 0.1) is 0 Å². The number of aromatic nitrogens is 4. The maximum absolute atomic E-state index is 11.9. The molecule has 0 aliphatic carbocycles. The number of nitrogens with one attached hydrogen (secondary N) is 1. The van der Waals surface area contributed by atoms with Gasteiger partial charge in [-0.15, -0.1) is 0 Å². The second kappa shape index (κ2) is 4.37. The minimum Gasteiger partial charge on any atom is -0.311 e. The van der Waals surface area contributed by atoms with E-state index in [0.717, 1.165) is 28.0 Å². The van der Waals surface area contributed by atoms with Crippen LogP contribution in [-0.2, 0) is 11.8 Å². The van der Waals surface area contributed by atoms with Gasteiger partial charge in [0.2, 0.25) is 5.91 Å². The summed E-state index contributed by atoms with van der Waals surface area (Å²) in [4.78, 5) is 20.5. The molecule has 0 saturated heterocycles. The highest BCUT2D eigenvalue weighted by Gasteiger charge is 2.29. The van der Waals surface area contributed by atoms with E-state index in [1.165, 1.54) is 0 Å². The van der Waals surface area contributed by atoms with Gasteiger partial charge in [-0.3, -0.25) is 19.4 Å². The van der Waals surface area contributed by atoms with Crippen LogP contribution in [0.1, 0.15) is 23.5 Å². The summed E-state index contributed by atoms with van der Waals surface area (Å²) in [5.74, 6) is 0.791. The van der Waals surface area contributed by atoms with E-state index >= 15 is 0 Å². The van der Waals surface area contributed by atoms with Crippen LogP contribution in [0.2, 0.25) is 0 Å². The molecule has 6 heteroatoms. The molecule has 0 bridgehead atoms. The zero-order valence-corrected chi connectivity index (χ0v) is 11.4. The Bertz CT molecular complexity index is 854. The first-order chi connectivity index (χ1) is 10.2. The lowest BCUT2D eigenvalue weighted by molar-refractivity contribution is -0.116. The van der Waals surface area contributed by atoms with Crippen molar-refractivity contribution in [2.24, 2.45) is 7.05 Å². The summed E-state index contributed by atoms with van der Waals surface area (Å²) in [7, 11) is 1.83. The number of fused-ring (bicyclic) bond motifs is 2. The molecule has 1 N–H and O–H groups in total. The second-order valence-electron chi connectivity index (χ2n) is 5.18. The van der Waals surface area contributed by atoms with Crippen molar-refractivity contribution in [2.75, 3.05) is 5.32 Å². The van der Waals surface area contributed by atoms with Crippen molar-refractivity contribution in [3.05, 3.63) is 47.9 Å². The Kier molecular flexibility index (Phi) is 2.50. The average Bonchev–Trinajstić information content (AvgIpc) is 2.87. The number of amides is 1. The molecule has 0 radical (unpaired) electrons. The van der Waals surface area contributed by atoms with Crippen LogP contribution in [0.4, 0.5) is 5.82 Å². The number of aryl methyl sites for hydroxylation is 1. The van der Waals surface area contributed by atoms with Crippen molar-refractivity contribution in [1.29, 1.82) is 0 Å². The molecule has 0 spiro atoms. The number of anilines is 1. The highest BCUT2D eigenvalue weighted by molar-refractivity contribution is 5.94. The monoisotopic (exact) mass is 279 g/mol. The first-order valence-electron chi connectivity index (χ1n) is 6.75. The molecule has 0 saturated carbocycles. The van der Waals surface area contributed by atoms with E-state index in [4.69, 9.17) is 0 Å². The maximum Gasteiger partial charge on any atom is 0.226 e. The summed E-state index contributed by atoms with van der Waals surface area (Å²) in [6, 6.07) is 5.96. The second-order valence-corrected chi connectivity index (χ2v) is 5.18. The lowest BCUT2D eigenvalue weighted by Gasteiger charge is -2.23. The molecule has 4 rings (SSSR count). The van der Waals surface area contributed by atoms with Crippen LogP contribution < -0.4 is 5.32 Å². The molecule has 1 aromatic carbocycles. The Morgan fingerprint density at radius 2 is 2.05 bits per heavy atom. The van der Waals surface area contributed by atoms with Crippen LogP contribution in [-0.4, -0.2) is 25.7 Å². The minimum atomic E-state index is 0.00820. The molecule has 6 nitrogen and oxygen atoms in total. The van der Waals surface area contributed by atoms with E-state index in [-0.39, 0.29) is 11.8 Å². The summed E-state index contributed by atoms with van der Waals surface area (Å²) in [6.45, 7) is 0. The van der Waals surface area contributed by atoms with Crippen molar-refractivity contribution in [3.8, 4) is 0 Å². The number of hydrogen-bond acceptors (Lipinski definition) is 4. The molecule has 1 atom stereocenters. The van der Waals surface area contributed by atoms with Gasteiger partial charge in [-0.2, -0.15) is 5.10 Å². The van der Waals surface area contributed by atoms with E-state index in [9.17, 15) is 4.79 Å². The van der Waals surface area contributed by atoms with Gasteiger partial charge < -0.3 is 5.32 Å². The maximum atomic E-state index is 11.9. The average molecular weight is 279 g/mol. The standard InChI is InChI=1S/C15H13N5O/c1-20-15-11(8-18-20)10(7-14(21)19-15)9-2-3-12-13(6-9)17-5-4-16-12/h2-6,8,10H,7H2,1H3,(H,19,21)/t10-/m0/s1. The predicted molar refractivity (Wildman–Crippen MR) is 77.8 cm³/mol. The summed E-state index contributed by atoms with van der Waals surface area (Å²) in [5.41, 5.74) is 3.80. The molecular formula is C15H13N5O. The molecular weight excluding hydrogens is 266 g/mol. The summed E-state index contributed by atoms with van der Waals surface area (Å²) in [5, 5.41) is 7.12. The highest BCUT2D eigenvalue weighted by atomic mass is 16.1. The fourth-order valence-corrected chi connectivity index (χ4v) is 2.84. The molecule has 2 aromatic heterocycles. The molecule has 0 fully saturated rings. The molecule has 104 valence electrons. The Morgan fingerprint density at radius 3 is 2.90 bits per heavy atom. The lowest BCUT2D eigenvalue weighted by atomic mass is 9.87. The summed E-state index contributed by atoms with van der Waals surface area (Å²) < 4.78 is 1.69. The third kappa shape index (κ3) is 1.87. The van der Waals surface area contributed by atoms with E-state index in [1.54, 1.807) is 17.1 Å². The van der Waals surface area contributed by atoms with Gasteiger partial charge in [0.15, 0.2) is 0 Å². The smallest absolute Gasteiger partial charge is 0.226 e. The molecule has 3 aromatic rings. The third-order valence-electron chi connectivity index (χ3n) is 3.89. The fraction of sp³-hybridized carbons (Fsp3) is 0.200. The van der Waals surface area contributed by atoms with Crippen molar-refractivity contribution in [1.82, 2.24) is 19.7 Å². The number of nitrogens with zero attached hydrogens (tertiary/aromatic N) is 4.